The fourth-order valence-corrected chi connectivity index (χ4v) is 5.90. The van der Waals surface area contributed by atoms with Gasteiger partial charge >= 0.3 is 0 Å². The Balaban J connectivity index is 1.39. The predicted octanol–water partition coefficient (Wildman–Crippen LogP) is 6.84. The van der Waals surface area contributed by atoms with E-state index >= 15 is 0 Å². The third-order valence-electron chi connectivity index (χ3n) is 7.88. The third-order valence-corrected chi connectivity index (χ3v) is 8.11. The lowest BCUT2D eigenvalue weighted by molar-refractivity contribution is 0.0975. The van der Waals surface area contributed by atoms with E-state index in [9.17, 15) is 4.79 Å². The summed E-state index contributed by atoms with van der Waals surface area (Å²) in [4.78, 5) is 18.2. The molecule has 0 N–H and O–H groups in total. The van der Waals surface area contributed by atoms with E-state index in [1.54, 1.807) is 7.11 Å². The van der Waals surface area contributed by atoms with Crippen LogP contribution < -0.4 is 9.64 Å². The van der Waals surface area contributed by atoms with Gasteiger partial charge in [-0.2, -0.15) is 0 Å². The molecular weight excluding hydrogens is 468 g/mol. The first-order valence-corrected chi connectivity index (χ1v) is 13.1. The molecule has 0 radical (unpaired) electrons. The Bertz CT molecular complexity index is 1250. The third kappa shape index (κ3) is 4.77. The zero-order chi connectivity index (χ0) is 25.5. The smallest absolute Gasteiger partial charge is 0.258 e. The zero-order valence-electron chi connectivity index (χ0n) is 21.7. The van der Waals surface area contributed by atoms with Crippen LogP contribution in [0.4, 0.5) is 5.69 Å². The number of rotatable bonds is 4. The Labute approximate surface area is 219 Å². The molecule has 2 heterocycles. The Morgan fingerprint density at radius 1 is 1.00 bits per heavy atom. The fourth-order valence-electron chi connectivity index (χ4n) is 5.69. The van der Waals surface area contributed by atoms with Crippen molar-refractivity contribution in [2.45, 2.75) is 51.0 Å². The van der Waals surface area contributed by atoms with Crippen LogP contribution in [-0.2, 0) is 17.4 Å². The minimum Gasteiger partial charge on any atom is -0.497 e. The lowest BCUT2D eigenvalue weighted by atomic mass is 9.74. The highest BCUT2D eigenvalue weighted by molar-refractivity contribution is 6.30. The van der Waals surface area contributed by atoms with Crippen molar-refractivity contribution < 1.29 is 9.53 Å². The van der Waals surface area contributed by atoms with Crippen LogP contribution in [0, 0.1) is 0 Å². The number of benzene rings is 3. The van der Waals surface area contributed by atoms with Gasteiger partial charge in [0.25, 0.3) is 5.91 Å². The summed E-state index contributed by atoms with van der Waals surface area (Å²) in [6, 6.07) is 22.4. The van der Waals surface area contributed by atoms with Gasteiger partial charge in [-0.25, -0.2) is 0 Å². The number of halogens is 1. The maximum absolute atomic E-state index is 13.8. The predicted molar refractivity (Wildman–Crippen MR) is 147 cm³/mol. The summed E-state index contributed by atoms with van der Waals surface area (Å²) in [5.74, 6) is 0.915. The van der Waals surface area contributed by atoms with Crippen LogP contribution in [0.2, 0.25) is 5.02 Å². The van der Waals surface area contributed by atoms with Crippen molar-refractivity contribution in [3.8, 4) is 5.75 Å². The molecule has 4 nitrogen and oxygen atoms in total. The Kier molecular flexibility index (Phi) is 6.61. The van der Waals surface area contributed by atoms with E-state index in [1.807, 2.05) is 41.3 Å². The van der Waals surface area contributed by atoms with Crippen LogP contribution in [0.5, 0.6) is 5.75 Å². The SMILES string of the molecule is COc1ccc2c(c1)C1(CCN(Cc3cccc(Cl)c3)CC1)CN2C(=O)c1ccc(C(C)(C)C)cc1. The number of ether oxygens (including phenoxy) is 1. The molecule has 2 aliphatic rings. The molecule has 2 aliphatic heterocycles. The second kappa shape index (κ2) is 9.57. The van der Waals surface area contributed by atoms with Crippen molar-refractivity contribution in [2.75, 3.05) is 31.6 Å². The molecule has 1 saturated heterocycles. The van der Waals surface area contributed by atoms with E-state index in [0.717, 1.165) is 54.5 Å². The standard InChI is InChI=1S/C31H35ClN2O2/c1-30(2,3)24-10-8-23(9-11-24)29(35)34-21-31(27-19-26(36-4)12-13-28(27)34)14-16-33(17-15-31)20-22-6-5-7-25(32)18-22/h5-13,18-19H,14-17,20-21H2,1-4H3. The van der Waals surface area contributed by atoms with Crippen molar-refractivity contribution in [3.05, 3.63) is 94.0 Å². The maximum Gasteiger partial charge on any atom is 0.258 e. The highest BCUT2D eigenvalue weighted by Crippen LogP contribution is 2.49. The van der Waals surface area contributed by atoms with Crippen LogP contribution in [0.1, 0.15) is 60.7 Å². The van der Waals surface area contributed by atoms with Gasteiger partial charge in [0, 0.05) is 34.8 Å². The monoisotopic (exact) mass is 502 g/mol. The van der Waals surface area contributed by atoms with Gasteiger partial charge in [0.1, 0.15) is 5.75 Å². The number of piperidine rings is 1. The average Bonchev–Trinajstić information content (AvgIpc) is 3.18. The Morgan fingerprint density at radius 3 is 2.36 bits per heavy atom. The normalized spacial score (nSPS) is 17.3. The molecule has 0 aliphatic carbocycles. The van der Waals surface area contributed by atoms with Gasteiger partial charge in [-0.1, -0.05) is 56.6 Å². The van der Waals surface area contributed by atoms with E-state index in [2.05, 4.69) is 56.0 Å². The molecule has 0 unspecified atom stereocenters. The summed E-state index contributed by atoms with van der Waals surface area (Å²) in [6.45, 7) is 10.1. The summed E-state index contributed by atoms with van der Waals surface area (Å²) >= 11 is 6.20. The quantitative estimate of drug-likeness (QED) is 0.391. The number of carbonyl (C=O) groups excluding carboxylic acids is 1. The highest BCUT2D eigenvalue weighted by atomic mass is 35.5. The van der Waals surface area contributed by atoms with Gasteiger partial charge in [-0.3, -0.25) is 9.69 Å². The lowest BCUT2D eigenvalue weighted by Gasteiger charge is -2.40. The number of anilines is 1. The van der Waals surface area contributed by atoms with Crippen molar-refractivity contribution >= 4 is 23.2 Å². The number of likely N-dealkylation sites (tertiary alicyclic amines) is 1. The lowest BCUT2D eigenvalue weighted by Crippen LogP contribution is -2.45. The molecule has 3 aromatic carbocycles. The average molecular weight is 503 g/mol. The Morgan fingerprint density at radius 2 is 1.72 bits per heavy atom. The van der Waals surface area contributed by atoms with Gasteiger partial charge in [0.2, 0.25) is 0 Å². The summed E-state index contributed by atoms with van der Waals surface area (Å²) in [5.41, 5.74) is 5.46. The van der Waals surface area contributed by atoms with E-state index in [0.29, 0.717) is 6.54 Å². The molecule has 1 amide bonds. The van der Waals surface area contributed by atoms with E-state index < -0.39 is 0 Å². The molecule has 1 fully saturated rings. The number of amides is 1. The number of fused-ring (bicyclic) bond motifs is 2. The number of carbonyl (C=O) groups is 1. The molecular formula is C31H35ClN2O2. The molecule has 1 spiro atoms. The second-order valence-electron chi connectivity index (χ2n) is 11.3. The molecule has 5 heteroatoms. The maximum atomic E-state index is 13.8. The van der Waals surface area contributed by atoms with Gasteiger partial charge in [0.05, 0.1) is 7.11 Å². The van der Waals surface area contributed by atoms with Crippen LogP contribution in [0.15, 0.2) is 66.7 Å². The zero-order valence-corrected chi connectivity index (χ0v) is 22.4. The molecule has 36 heavy (non-hydrogen) atoms. The Hall–Kier alpha value is -2.82. The van der Waals surface area contributed by atoms with Gasteiger partial charge in [0.15, 0.2) is 0 Å². The molecule has 5 rings (SSSR count). The minimum atomic E-state index is -0.0598. The molecule has 0 saturated carbocycles. The van der Waals surface area contributed by atoms with Crippen molar-refractivity contribution in [3.63, 3.8) is 0 Å². The number of nitrogens with zero attached hydrogens (tertiary/aromatic N) is 2. The first-order chi connectivity index (χ1) is 17.2. The van der Waals surface area contributed by atoms with Crippen LogP contribution in [0.3, 0.4) is 0 Å². The van der Waals surface area contributed by atoms with Crippen molar-refractivity contribution in [1.29, 1.82) is 0 Å². The largest absolute Gasteiger partial charge is 0.497 e. The number of hydrogen-bond acceptors (Lipinski definition) is 3. The van der Waals surface area contributed by atoms with Gasteiger partial charge < -0.3 is 9.64 Å². The van der Waals surface area contributed by atoms with E-state index in [1.165, 1.54) is 16.7 Å². The summed E-state index contributed by atoms with van der Waals surface area (Å²) in [5, 5.41) is 0.780. The summed E-state index contributed by atoms with van der Waals surface area (Å²) in [7, 11) is 1.71. The van der Waals surface area contributed by atoms with Crippen LogP contribution in [-0.4, -0.2) is 37.6 Å². The molecule has 188 valence electrons. The minimum absolute atomic E-state index is 0.0570. The van der Waals surface area contributed by atoms with E-state index in [-0.39, 0.29) is 16.7 Å². The van der Waals surface area contributed by atoms with Crippen molar-refractivity contribution in [1.82, 2.24) is 4.90 Å². The summed E-state index contributed by atoms with van der Waals surface area (Å²) in [6.07, 6.45) is 2.00. The van der Waals surface area contributed by atoms with Gasteiger partial charge in [-0.15, -0.1) is 0 Å². The first kappa shape index (κ1) is 24.9. The molecule has 0 atom stereocenters. The van der Waals surface area contributed by atoms with Crippen molar-refractivity contribution in [2.24, 2.45) is 0 Å². The summed E-state index contributed by atoms with van der Waals surface area (Å²) < 4.78 is 5.58. The number of hydrogen-bond donors (Lipinski definition) is 0. The number of methoxy groups -OCH3 is 1. The second-order valence-corrected chi connectivity index (χ2v) is 11.7. The van der Waals surface area contributed by atoms with Crippen LogP contribution in [0.25, 0.3) is 0 Å². The van der Waals surface area contributed by atoms with Gasteiger partial charge in [-0.05, 0) is 90.5 Å². The van der Waals surface area contributed by atoms with Crippen LogP contribution >= 0.6 is 11.6 Å². The molecule has 0 bridgehead atoms. The molecule has 3 aromatic rings. The van der Waals surface area contributed by atoms with E-state index in [4.69, 9.17) is 16.3 Å². The molecule has 0 aromatic heterocycles. The first-order valence-electron chi connectivity index (χ1n) is 12.8. The highest BCUT2D eigenvalue weighted by Gasteiger charge is 2.46. The topological polar surface area (TPSA) is 32.8 Å². The fraction of sp³-hybridized carbons (Fsp3) is 0.387.